The summed E-state index contributed by atoms with van der Waals surface area (Å²) in [6, 6.07) is 7.19. The number of rotatable bonds is 6. The SMILES string of the molecule is Cc1noc(C)c1CSc1ccccc1C(=O)O[C@H](C)C(=O)N(C)C. The number of esters is 1. The third-order valence-electron chi connectivity index (χ3n) is 3.73. The van der Waals surface area contributed by atoms with Crippen molar-refractivity contribution >= 4 is 23.6 Å². The summed E-state index contributed by atoms with van der Waals surface area (Å²) in [6.07, 6.45) is -0.830. The molecule has 1 aromatic heterocycles. The zero-order chi connectivity index (χ0) is 18.6. The lowest BCUT2D eigenvalue weighted by Crippen LogP contribution is -2.35. The Hall–Kier alpha value is -2.28. The Morgan fingerprint density at radius 2 is 1.96 bits per heavy atom. The van der Waals surface area contributed by atoms with E-state index in [1.54, 1.807) is 33.2 Å². The van der Waals surface area contributed by atoms with Crippen molar-refractivity contribution in [3.63, 3.8) is 0 Å². The fraction of sp³-hybridized carbons (Fsp3) is 0.389. The maximum atomic E-state index is 12.5. The van der Waals surface area contributed by atoms with Gasteiger partial charge in [-0.15, -0.1) is 11.8 Å². The van der Waals surface area contributed by atoms with Gasteiger partial charge < -0.3 is 14.2 Å². The minimum Gasteiger partial charge on any atom is -0.449 e. The molecule has 2 aromatic rings. The molecule has 0 radical (unpaired) electrons. The number of benzene rings is 1. The van der Waals surface area contributed by atoms with Gasteiger partial charge in [0.1, 0.15) is 5.76 Å². The zero-order valence-electron chi connectivity index (χ0n) is 15.0. The van der Waals surface area contributed by atoms with E-state index in [0.29, 0.717) is 11.3 Å². The number of thioether (sulfide) groups is 1. The van der Waals surface area contributed by atoms with Crippen molar-refractivity contribution in [3.05, 3.63) is 46.8 Å². The predicted molar refractivity (Wildman–Crippen MR) is 95.6 cm³/mol. The van der Waals surface area contributed by atoms with Gasteiger partial charge in [-0.05, 0) is 32.9 Å². The van der Waals surface area contributed by atoms with Crippen molar-refractivity contribution in [3.8, 4) is 0 Å². The highest BCUT2D eigenvalue weighted by Crippen LogP contribution is 2.29. The van der Waals surface area contributed by atoms with Crippen molar-refractivity contribution in [2.24, 2.45) is 0 Å². The number of hydrogen-bond donors (Lipinski definition) is 0. The lowest BCUT2D eigenvalue weighted by Gasteiger charge is -2.18. The summed E-state index contributed by atoms with van der Waals surface area (Å²) in [4.78, 5) is 26.5. The van der Waals surface area contributed by atoms with E-state index in [1.807, 2.05) is 26.0 Å². The molecule has 6 nitrogen and oxygen atoms in total. The Morgan fingerprint density at radius 3 is 2.56 bits per heavy atom. The minimum absolute atomic E-state index is 0.255. The van der Waals surface area contributed by atoms with E-state index >= 15 is 0 Å². The zero-order valence-corrected chi connectivity index (χ0v) is 15.8. The van der Waals surface area contributed by atoms with Crippen molar-refractivity contribution in [1.29, 1.82) is 0 Å². The molecule has 1 heterocycles. The summed E-state index contributed by atoms with van der Waals surface area (Å²) < 4.78 is 10.5. The molecule has 0 aliphatic carbocycles. The van der Waals surface area contributed by atoms with Crippen LogP contribution in [0.25, 0.3) is 0 Å². The minimum atomic E-state index is -0.830. The van der Waals surface area contributed by atoms with Crippen molar-refractivity contribution in [2.75, 3.05) is 14.1 Å². The van der Waals surface area contributed by atoms with Gasteiger partial charge >= 0.3 is 5.97 Å². The standard InChI is InChI=1S/C18H22N2O4S/c1-11-15(12(2)24-19-11)10-25-16-9-7-6-8-14(16)18(22)23-13(3)17(21)20(4)5/h6-9,13H,10H2,1-5H3/t13-/m1/s1. The van der Waals surface area contributed by atoms with Gasteiger partial charge in [0.25, 0.3) is 5.91 Å². The molecule has 0 saturated heterocycles. The molecular formula is C18H22N2O4S. The molecular weight excluding hydrogens is 340 g/mol. The molecule has 0 N–H and O–H groups in total. The van der Waals surface area contributed by atoms with Crippen LogP contribution >= 0.6 is 11.8 Å². The second kappa shape index (κ2) is 8.20. The normalized spacial score (nSPS) is 11.9. The number of carbonyl (C=O) groups excluding carboxylic acids is 2. The molecule has 25 heavy (non-hydrogen) atoms. The van der Waals surface area contributed by atoms with Crippen LogP contribution < -0.4 is 0 Å². The number of nitrogens with zero attached hydrogens (tertiary/aromatic N) is 2. The van der Waals surface area contributed by atoms with E-state index in [4.69, 9.17) is 9.26 Å². The highest BCUT2D eigenvalue weighted by atomic mass is 32.2. The topological polar surface area (TPSA) is 72.6 Å². The van der Waals surface area contributed by atoms with Crippen molar-refractivity contribution in [2.45, 2.75) is 37.5 Å². The maximum absolute atomic E-state index is 12.5. The number of carbonyl (C=O) groups is 2. The highest BCUT2D eigenvalue weighted by molar-refractivity contribution is 7.98. The number of aromatic nitrogens is 1. The van der Waals surface area contributed by atoms with Gasteiger partial charge in [0.15, 0.2) is 6.10 Å². The van der Waals surface area contributed by atoms with Gasteiger partial charge in [-0.3, -0.25) is 4.79 Å². The van der Waals surface area contributed by atoms with Crippen LogP contribution in [0.3, 0.4) is 0 Å². The van der Waals surface area contributed by atoms with Gasteiger partial charge in [-0.2, -0.15) is 0 Å². The molecule has 0 fully saturated rings. The van der Waals surface area contributed by atoms with E-state index < -0.39 is 12.1 Å². The Labute approximate surface area is 151 Å². The molecule has 0 aliphatic rings. The molecule has 0 saturated carbocycles. The van der Waals surface area contributed by atoms with Gasteiger partial charge in [0, 0.05) is 30.3 Å². The average molecular weight is 362 g/mol. The lowest BCUT2D eigenvalue weighted by atomic mass is 10.2. The number of ether oxygens (including phenoxy) is 1. The summed E-state index contributed by atoms with van der Waals surface area (Å²) in [6.45, 7) is 5.32. The van der Waals surface area contributed by atoms with Crippen LogP contribution in [-0.4, -0.2) is 42.1 Å². The fourth-order valence-electron chi connectivity index (χ4n) is 2.26. The fourth-order valence-corrected chi connectivity index (χ4v) is 3.45. The molecule has 7 heteroatoms. The first-order valence-electron chi connectivity index (χ1n) is 7.87. The number of likely N-dealkylation sites (N-methyl/N-ethyl adjacent to an activating group) is 1. The molecule has 1 amide bonds. The molecule has 0 spiro atoms. The second-order valence-corrected chi connectivity index (χ2v) is 6.88. The van der Waals surface area contributed by atoms with Crippen LogP contribution in [0.1, 0.15) is 34.3 Å². The Kier molecular flexibility index (Phi) is 6.25. The third-order valence-corrected chi connectivity index (χ3v) is 4.83. The summed E-state index contributed by atoms with van der Waals surface area (Å²) in [7, 11) is 3.25. The summed E-state index contributed by atoms with van der Waals surface area (Å²) in [5.41, 5.74) is 2.30. The Morgan fingerprint density at radius 1 is 1.28 bits per heavy atom. The van der Waals surface area contributed by atoms with Crippen LogP contribution in [-0.2, 0) is 15.3 Å². The second-order valence-electron chi connectivity index (χ2n) is 5.87. The van der Waals surface area contributed by atoms with Crippen LogP contribution in [0.5, 0.6) is 0 Å². The molecule has 1 aromatic carbocycles. The lowest BCUT2D eigenvalue weighted by molar-refractivity contribution is -0.137. The van der Waals surface area contributed by atoms with Crippen molar-refractivity contribution < 1.29 is 18.8 Å². The summed E-state index contributed by atoms with van der Waals surface area (Å²) in [5, 5.41) is 3.94. The number of aryl methyl sites for hydroxylation is 2. The molecule has 134 valence electrons. The van der Waals surface area contributed by atoms with E-state index in [-0.39, 0.29) is 5.91 Å². The molecule has 1 atom stereocenters. The van der Waals surface area contributed by atoms with Gasteiger partial charge in [0.05, 0.1) is 11.3 Å². The molecule has 0 bridgehead atoms. The van der Waals surface area contributed by atoms with Gasteiger partial charge in [0.2, 0.25) is 0 Å². The number of hydrogen-bond acceptors (Lipinski definition) is 6. The van der Waals surface area contributed by atoms with Gasteiger partial charge in [-0.25, -0.2) is 4.79 Å². The van der Waals surface area contributed by atoms with Crippen LogP contribution in [0.15, 0.2) is 33.7 Å². The average Bonchev–Trinajstić information content (AvgIpc) is 2.90. The predicted octanol–water partition coefficient (Wildman–Crippen LogP) is 3.22. The maximum Gasteiger partial charge on any atom is 0.340 e. The van der Waals surface area contributed by atoms with E-state index in [1.165, 1.54) is 16.7 Å². The van der Waals surface area contributed by atoms with E-state index in [9.17, 15) is 9.59 Å². The smallest absolute Gasteiger partial charge is 0.340 e. The van der Waals surface area contributed by atoms with Crippen LogP contribution in [0, 0.1) is 13.8 Å². The highest BCUT2D eigenvalue weighted by Gasteiger charge is 2.22. The monoisotopic (exact) mass is 362 g/mol. The summed E-state index contributed by atoms with van der Waals surface area (Å²) >= 11 is 1.51. The largest absolute Gasteiger partial charge is 0.449 e. The number of amides is 1. The molecule has 0 aliphatic heterocycles. The Balaban J connectivity index is 2.12. The first-order valence-corrected chi connectivity index (χ1v) is 8.85. The molecule has 2 rings (SSSR count). The van der Waals surface area contributed by atoms with Gasteiger partial charge in [-0.1, -0.05) is 17.3 Å². The quantitative estimate of drug-likeness (QED) is 0.580. The third kappa shape index (κ3) is 4.63. The molecule has 0 unspecified atom stereocenters. The van der Waals surface area contributed by atoms with Crippen molar-refractivity contribution in [1.82, 2.24) is 10.1 Å². The Bertz CT molecular complexity index is 751. The first-order chi connectivity index (χ1) is 11.8. The van der Waals surface area contributed by atoms with Crippen LogP contribution in [0.4, 0.5) is 0 Å². The van der Waals surface area contributed by atoms with E-state index in [2.05, 4.69) is 5.16 Å². The summed E-state index contributed by atoms with van der Waals surface area (Å²) in [5.74, 6) is 0.645. The van der Waals surface area contributed by atoms with E-state index in [0.717, 1.165) is 21.9 Å². The first kappa shape index (κ1) is 19.1. The van der Waals surface area contributed by atoms with Crippen LogP contribution in [0.2, 0.25) is 0 Å².